The molecule has 4 rings (SSSR count). The zero-order valence-corrected chi connectivity index (χ0v) is 13.6. The average molecular weight is 322 g/mol. The second-order valence-corrected chi connectivity index (χ2v) is 6.42. The van der Waals surface area contributed by atoms with Crippen LogP contribution in [0.4, 0.5) is 11.4 Å². The van der Waals surface area contributed by atoms with Crippen molar-refractivity contribution >= 4 is 23.2 Å². The standard InChI is InChI=1S/C19H18N2O3/c1-12-7-8-16-14(11-12)20-17(22)19(2,24-16)18(23)21-10-9-13-5-3-4-6-15(13)21/h3-8,11H,9-10H2,1-2H3,(H,20,22)/t19-/m0/s1. The number of carbonyl (C=O) groups excluding carboxylic acids is 2. The van der Waals surface area contributed by atoms with Crippen molar-refractivity contribution in [3.8, 4) is 5.75 Å². The third-order valence-corrected chi connectivity index (χ3v) is 4.67. The van der Waals surface area contributed by atoms with E-state index < -0.39 is 11.5 Å². The Morgan fingerprint density at radius 3 is 2.88 bits per heavy atom. The van der Waals surface area contributed by atoms with Crippen molar-refractivity contribution in [2.24, 2.45) is 0 Å². The predicted octanol–water partition coefficient (Wildman–Crippen LogP) is 2.67. The van der Waals surface area contributed by atoms with Crippen LogP contribution in [0.3, 0.4) is 0 Å². The number of fused-ring (bicyclic) bond motifs is 2. The van der Waals surface area contributed by atoms with Crippen molar-refractivity contribution in [3.63, 3.8) is 0 Å². The molecule has 0 saturated heterocycles. The van der Waals surface area contributed by atoms with Crippen LogP contribution in [-0.4, -0.2) is 24.0 Å². The van der Waals surface area contributed by atoms with E-state index in [1.54, 1.807) is 11.0 Å². The molecule has 24 heavy (non-hydrogen) atoms. The van der Waals surface area contributed by atoms with Crippen LogP contribution in [0.2, 0.25) is 0 Å². The highest BCUT2D eigenvalue weighted by molar-refractivity contribution is 6.20. The molecule has 5 heteroatoms. The van der Waals surface area contributed by atoms with Crippen molar-refractivity contribution in [2.45, 2.75) is 25.9 Å². The maximum absolute atomic E-state index is 13.1. The molecular weight excluding hydrogens is 304 g/mol. The first-order valence-corrected chi connectivity index (χ1v) is 8.00. The highest BCUT2D eigenvalue weighted by Gasteiger charge is 2.50. The van der Waals surface area contributed by atoms with Crippen LogP contribution in [-0.2, 0) is 16.0 Å². The minimum atomic E-state index is -1.57. The summed E-state index contributed by atoms with van der Waals surface area (Å²) in [5.41, 5.74) is 2.02. The molecule has 0 saturated carbocycles. The highest BCUT2D eigenvalue weighted by Crippen LogP contribution is 2.37. The van der Waals surface area contributed by atoms with Gasteiger partial charge in [-0.05, 0) is 49.6 Å². The Kier molecular flexibility index (Phi) is 3.13. The Morgan fingerprint density at radius 1 is 1.25 bits per heavy atom. The van der Waals surface area contributed by atoms with Crippen LogP contribution in [0.25, 0.3) is 0 Å². The molecule has 0 bridgehead atoms. The summed E-state index contributed by atoms with van der Waals surface area (Å²) >= 11 is 0. The number of anilines is 2. The number of benzene rings is 2. The fourth-order valence-electron chi connectivity index (χ4n) is 3.29. The predicted molar refractivity (Wildman–Crippen MR) is 91.3 cm³/mol. The van der Waals surface area contributed by atoms with Gasteiger partial charge in [0.2, 0.25) is 0 Å². The Morgan fingerprint density at radius 2 is 2.04 bits per heavy atom. The van der Waals surface area contributed by atoms with Gasteiger partial charge in [0, 0.05) is 12.2 Å². The van der Waals surface area contributed by atoms with Gasteiger partial charge in [-0.3, -0.25) is 9.59 Å². The number of hydrogen-bond donors (Lipinski definition) is 1. The number of carbonyl (C=O) groups is 2. The van der Waals surface area contributed by atoms with Gasteiger partial charge in [0.25, 0.3) is 17.4 Å². The molecule has 2 aromatic rings. The van der Waals surface area contributed by atoms with E-state index in [-0.39, 0.29) is 5.91 Å². The van der Waals surface area contributed by atoms with Crippen molar-refractivity contribution in [3.05, 3.63) is 53.6 Å². The van der Waals surface area contributed by atoms with E-state index in [2.05, 4.69) is 5.32 Å². The third kappa shape index (κ3) is 2.08. The third-order valence-electron chi connectivity index (χ3n) is 4.67. The molecule has 1 N–H and O–H groups in total. The maximum atomic E-state index is 13.1. The van der Waals surface area contributed by atoms with Crippen LogP contribution in [0.15, 0.2) is 42.5 Å². The molecule has 2 amide bonds. The fraction of sp³-hybridized carbons (Fsp3) is 0.263. The molecule has 0 radical (unpaired) electrons. The first-order valence-electron chi connectivity index (χ1n) is 8.00. The first kappa shape index (κ1) is 14.8. The van der Waals surface area contributed by atoms with Gasteiger partial charge in [-0.25, -0.2) is 0 Å². The van der Waals surface area contributed by atoms with E-state index in [0.29, 0.717) is 18.0 Å². The van der Waals surface area contributed by atoms with Gasteiger partial charge in [-0.1, -0.05) is 24.3 Å². The number of para-hydroxylation sites is 1. The van der Waals surface area contributed by atoms with E-state index >= 15 is 0 Å². The topological polar surface area (TPSA) is 58.6 Å². The van der Waals surface area contributed by atoms with E-state index in [9.17, 15) is 9.59 Å². The summed E-state index contributed by atoms with van der Waals surface area (Å²) in [5, 5.41) is 2.81. The van der Waals surface area contributed by atoms with Crippen molar-refractivity contribution in [1.29, 1.82) is 0 Å². The second-order valence-electron chi connectivity index (χ2n) is 6.42. The van der Waals surface area contributed by atoms with Crippen LogP contribution in [0, 0.1) is 6.92 Å². The van der Waals surface area contributed by atoms with Crippen molar-refractivity contribution in [2.75, 3.05) is 16.8 Å². The van der Waals surface area contributed by atoms with Crippen LogP contribution in [0.1, 0.15) is 18.1 Å². The summed E-state index contributed by atoms with van der Waals surface area (Å²) in [6.07, 6.45) is 0.787. The maximum Gasteiger partial charge on any atom is 0.280 e. The van der Waals surface area contributed by atoms with Crippen LogP contribution < -0.4 is 15.0 Å². The zero-order chi connectivity index (χ0) is 16.9. The lowest BCUT2D eigenvalue weighted by molar-refractivity contribution is -0.144. The van der Waals surface area contributed by atoms with Gasteiger partial charge in [0.1, 0.15) is 5.75 Å². The summed E-state index contributed by atoms with van der Waals surface area (Å²) in [6, 6.07) is 13.3. The molecule has 0 unspecified atom stereocenters. The largest absolute Gasteiger partial charge is 0.465 e. The Labute approximate surface area is 140 Å². The van der Waals surface area contributed by atoms with E-state index in [0.717, 1.165) is 23.2 Å². The second kappa shape index (κ2) is 5.09. The van der Waals surface area contributed by atoms with Crippen molar-refractivity contribution in [1.82, 2.24) is 0 Å². The van der Waals surface area contributed by atoms with Crippen molar-refractivity contribution < 1.29 is 14.3 Å². The molecule has 0 spiro atoms. The summed E-state index contributed by atoms with van der Waals surface area (Å²) in [5.74, 6) is -0.255. The van der Waals surface area contributed by atoms with Gasteiger partial charge in [-0.15, -0.1) is 0 Å². The van der Waals surface area contributed by atoms with Gasteiger partial charge in [0.15, 0.2) is 0 Å². The smallest absolute Gasteiger partial charge is 0.280 e. The summed E-state index contributed by atoms with van der Waals surface area (Å²) < 4.78 is 5.87. The average Bonchev–Trinajstić information content (AvgIpc) is 2.99. The zero-order valence-electron chi connectivity index (χ0n) is 13.6. The monoisotopic (exact) mass is 322 g/mol. The summed E-state index contributed by atoms with van der Waals surface area (Å²) in [6.45, 7) is 4.03. The molecule has 122 valence electrons. The number of nitrogens with one attached hydrogen (secondary N) is 1. The van der Waals surface area contributed by atoms with Crippen LogP contribution >= 0.6 is 0 Å². The summed E-state index contributed by atoms with van der Waals surface area (Å²) in [7, 11) is 0. The number of rotatable bonds is 1. The molecule has 2 heterocycles. The van der Waals surface area contributed by atoms with Gasteiger partial charge >= 0.3 is 0 Å². The number of ether oxygens (including phenoxy) is 1. The normalized spacial score (nSPS) is 21.6. The Bertz CT molecular complexity index is 861. The molecule has 2 aromatic carbocycles. The molecule has 0 aromatic heterocycles. The molecule has 2 aliphatic heterocycles. The molecule has 1 atom stereocenters. The molecule has 0 aliphatic carbocycles. The molecular formula is C19H18N2O3. The fourth-order valence-corrected chi connectivity index (χ4v) is 3.29. The summed E-state index contributed by atoms with van der Waals surface area (Å²) in [4.78, 5) is 27.4. The quantitative estimate of drug-likeness (QED) is 0.821. The minimum absolute atomic E-state index is 0.337. The first-order chi connectivity index (χ1) is 11.5. The van der Waals surface area contributed by atoms with E-state index in [4.69, 9.17) is 4.74 Å². The van der Waals surface area contributed by atoms with E-state index in [1.165, 1.54) is 6.92 Å². The van der Waals surface area contributed by atoms with Gasteiger partial charge in [-0.2, -0.15) is 0 Å². The Hall–Kier alpha value is -2.82. The minimum Gasteiger partial charge on any atom is -0.465 e. The van der Waals surface area contributed by atoms with E-state index in [1.807, 2.05) is 43.3 Å². The SMILES string of the molecule is Cc1ccc2c(c1)NC(=O)[C@@](C)(C(=O)N1CCc3ccccc31)O2. The van der Waals surface area contributed by atoms with Gasteiger partial charge < -0.3 is 15.0 Å². The number of aryl methyl sites for hydroxylation is 1. The number of amides is 2. The van der Waals surface area contributed by atoms with Gasteiger partial charge in [0.05, 0.1) is 5.69 Å². The molecule has 2 aliphatic rings. The van der Waals surface area contributed by atoms with Crippen LogP contribution in [0.5, 0.6) is 5.75 Å². The molecule has 5 nitrogen and oxygen atoms in total. The lowest BCUT2D eigenvalue weighted by atomic mass is 10.00. The Balaban J connectivity index is 1.70. The molecule has 0 fully saturated rings. The highest BCUT2D eigenvalue weighted by atomic mass is 16.5. The number of nitrogens with zero attached hydrogens (tertiary/aromatic N) is 1. The number of hydrogen-bond acceptors (Lipinski definition) is 3. The lowest BCUT2D eigenvalue weighted by Crippen LogP contribution is -2.59. The lowest BCUT2D eigenvalue weighted by Gasteiger charge is -2.36.